The van der Waals surface area contributed by atoms with Crippen molar-refractivity contribution in [3.63, 3.8) is 0 Å². The number of phenols is 1. The van der Waals surface area contributed by atoms with E-state index in [1.807, 2.05) is 25.1 Å². The maximum atomic E-state index is 10.6. The predicted molar refractivity (Wildman–Crippen MR) is 130 cm³/mol. The second-order valence-electron chi connectivity index (χ2n) is 9.69. The first-order chi connectivity index (χ1) is 14.5. The van der Waals surface area contributed by atoms with Gasteiger partial charge >= 0.3 is 0 Å². The summed E-state index contributed by atoms with van der Waals surface area (Å²) < 4.78 is 0. The number of benzene rings is 1. The van der Waals surface area contributed by atoms with Gasteiger partial charge in [0.05, 0.1) is 18.1 Å². The van der Waals surface area contributed by atoms with Crippen LogP contribution >= 0.6 is 0 Å². The van der Waals surface area contributed by atoms with Gasteiger partial charge in [0.25, 0.3) is 0 Å². The van der Waals surface area contributed by atoms with Gasteiger partial charge in [-0.15, -0.1) is 0 Å². The second-order valence-corrected chi connectivity index (χ2v) is 9.69. The lowest BCUT2D eigenvalue weighted by Crippen LogP contribution is -2.62. The van der Waals surface area contributed by atoms with Crippen molar-refractivity contribution in [2.75, 3.05) is 19.0 Å². The predicted octanol–water partition coefficient (Wildman–Crippen LogP) is 4.70. The molecule has 1 aliphatic heterocycles. The van der Waals surface area contributed by atoms with Gasteiger partial charge in [-0.2, -0.15) is 0 Å². The maximum absolute atomic E-state index is 10.6. The summed E-state index contributed by atoms with van der Waals surface area (Å²) in [6, 6.07) is 5.96. The smallest absolute Gasteiger partial charge is 0.147 e. The monoisotopic (exact) mass is 421 g/mol. The molecule has 0 amide bonds. The van der Waals surface area contributed by atoms with E-state index in [0.717, 1.165) is 29.8 Å². The Hall–Kier alpha value is -2.73. The highest BCUT2D eigenvalue weighted by molar-refractivity contribution is 6.09. The number of anilines is 1. The minimum atomic E-state index is 0.0653. The molecule has 0 radical (unpaired) electrons. The number of hydrogen-bond acceptors (Lipinski definition) is 6. The molecule has 0 bridgehead atoms. The highest BCUT2D eigenvalue weighted by Crippen LogP contribution is 2.34. The first-order valence-corrected chi connectivity index (χ1v) is 10.8. The molecule has 3 rings (SSSR count). The summed E-state index contributed by atoms with van der Waals surface area (Å²) >= 11 is 0. The van der Waals surface area contributed by atoms with Crippen molar-refractivity contribution in [3.8, 4) is 17.0 Å². The molecular formula is C25H35N5O. The fraction of sp³-hybridized carbons (Fsp3) is 0.480. The number of nitrogens with zero attached hydrogens (tertiary/aromatic N) is 4. The molecule has 0 saturated carbocycles. The number of nitrogens with one attached hydrogen (secondary N) is 1. The second kappa shape index (κ2) is 8.79. The fourth-order valence-electron chi connectivity index (χ4n) is 4.75. The van der Waals surface area contributed by atoms with Crippen LogP contribution in [-0.2, 0) is 0 Å². The van der Waals surface area contributed by atoms with E-state index in [9.17, 15) is 5.11 Å². The van der Waals surface area contributed by atoms with E-state index >= 15 is 0 Å². The Labute approximate surface area is 186 Å². The maximum Gasteiger partial charge on any atom is 0.147 e. The number of piperidine rings is 1. The van der Waals surface area contributed by atoms with Crippen LogP contribution < -0.4 is 10.2 Å². The molecular weight excluding hydrogens is 386 g/mol. The standard InChI is InChI=1S/C25H35N5O/c1-8-17(14-26-6)18-9-10-20(22(31)11-18)21-15-28-23(16-27-21)30(7)19-12-24(2,3)29-25(4,5)13-19/h8-11,14-16,19,29,31H,12-13H2,1-7H3/b17-8+,26-14?. The van der Waals surface area contributed by atoms with Gasteiger partial charge < -0.3 is 15.3 Å². The van der Waals surface area contributed by atoms with Crippen molar-refractivity contribution >= 4 is 17.6 Å². The van der Waals surface area contributed by atoms with Gasteiger partial charge in [-0.25, -0.2) is 4.98 Å². The molecule has 31 heavy (non-hydrogen) atoms. The quantitative estimate of drug-likeness (QED) is 0.685. The van der Waals surface area contributed by atoms with Crippen molar-refractivity contribution in [3.05, 3.63) is 42.2 Å². The number of aromatic hydroxyl groups is 1. The van der Waals surface area contributed by atoms with Crippen molar-refractivity contribution in [2.24, 2.45) is 4.99 Å². The lowest BCUT2D eigenvalue weighted by molar-refractivity contribution is 0.160. The van der Waals surface area contributed by atoms with Gasteiger partial charge in [-0.05, 0) is 70.7 Å². The highest BCUT2D eigenvalue weighted by atomic mass is 16.3. The van der Waals surface area contributed by atoms with E-state index < -0.39 is 0 Å². The molecule has 6 nitrogen and oxygen atoms in total. The van der Waals surface area contributed by atoms with Gasteiger partial charge in [-0.3, -0.25) is 9.98 Å². The average Bonchev–Trinajstić information content (AvgIpc) is 2.69. The summed E-state index contributed by atoms with van der Waals surface area (Å²) in [6.45, 7) is 11.0. The fourth-order valence-corrected chi connectivity index (χ4v) is 4.75. The zero-order valence-electron chi connectivity index (χ0n) is 19.8. The molecule has 0 spiro atoms. The molecule has 1 aromatic carbocycles. The van der Waals surface area contributed by atoms with Crippen molar-refractivity contribution in [1.82, 2.24) is 15.3 Å². The highest BCUT2D eigenvalue weighted by Gasteiger charge is 2.39. The summed E-state index contributed by atoms with van der Waals surface area (Å²) in [5.41, 5.74) is 3.32. The normalized spacial score (nSPS) is 19.0. The van der Waals surface area contributed by atoms with Gasteiger partial charge in [-0.1, -0.05) is 12.1 Å². The molecule has 1 saturated heterocycles. The third-order valence-electron chi connectivity index (χ3n) is 5.90. The Bertz CT molecular complexity index is 960. The molecule has 166 valence electrons. The zero-order chi connectivity index (χ0) is 22.8. The van der Waals surface area contributed by atoms with Crippen LogP contribution in [0.15, 0.2) is 41.7 Å². The molecule has 0 atom stereocenters. The number of rotatable bonds is 5. The van der Waals surface area contributed by atoms with Gasteiger partial charge in [0, 0.05) is 43.0 Å². The van der Waals surface area contributed by atoms with Gasteiger partial charge in [0.2, 0.25) is 0 Å². The van der Waals surface area contributed by atoms with E-state index in [2.05, 4.69) is 59.9 Å². The molecule has 0 unspecified atom stereocenters. The number of hydrogen-bond donors (Lipinski definition) is 2. The molecule has 1 fully saturated rings. The van der Waals surface area contributed by atoms with Crippen molar-refractivity contribution in [2.45, 2.75) is 64.6 Å². The average molecular weight is 422 g/mol. The van der Waals surface area contributed by atoms with Crippen molar-refractivity contribution < 1.29 is 5.11 Å². The molecule has 2 heterocycles. The molecule has 2 aromatic rings. The SMILES string of the molecule is C/C=C(\C=NC)c1ccc(-c2cnc(N(C)C3CC(C)(C)NC(C)(C)C3)cn2)c(O)c1. The van der Waals surface area contributed by atoms with Crippen LogP contribution in [0.3, 0.4) is 0 Å². The summed E-state index contributed by atoms with van der Waals surface area (Å²) in [6.07, 6.45) is 9.35. The zero-order valence-corrected chi connectivity index (χ0v) is 19.8. The van der Waals surface area contributed by atoms with Gasteiger partial charge in [0.1, 0.15) is 11.6 Å². The molecule has 2 N–H and O–H groups in total. The summed E-state index contributed by atoms with van der Waals surface area (Å²) in [5.74, 6) is 1.02. The molecule has 1 aliphatic rings. The molecule has 6 heteroatoms. The largest absolute Gasteiger partial charge is 0.507 e. The topological polar surface area (TPSA) is 73.6 Å². The van der Waals surface area contributed by atoms with E-state index in [0.29, 0.717) is 17.3 Å². The van der Waals surface area contributed by atoms with Gasteiger partial charge in [0.15, 0.2) is 0 Å². The molecule has 0 aliphatic carbocycles. The van der Waals surface area contributed by atoms with Crippen LogP contribution in [-0.4, -0.2) is 52.5 Å². The summed E-state index contributed by atoms with van der Waals surface area (Å²) in [7, 11) is 3.82. The minimum Gasteiger partial charge on any atom is -0.507 e. The lowest BCUT2D eigenvalue weighted by atomic mass is 9.79. The first kappa shape index (κ1) is 22.9. The molecule has 1 aromatic heterocycles. The summed E-state index contributed by atoms with van der Waals surface area (Å²) in [5, 5.41) is 14.3. The third kappa shape index (κ3) is 5.31. The number of aromatic nitrogens is 2. The Morgan fingerprint density at radius 2 is 1.84 bits per heavy atom. The van der Waals surface area contributed by atoms with Crippen LogP contribution in [0.5, 0.6) is 5.75 Å². The van der Waals surface area contributed by atoms with Crippen LogP contribution in [0.2, 0.25) is 0 Å². The van der Waals surface area contributed by atoms with Crippen LogP contribution in [0.4, 0.5) is 5.82 Å². The van der Waals surface area contributed by atoms with Crippen LogP contribution in [0, 0.1) is 0 Å². The van der Waals surface area contributed by atoms with Crippen LogP contribution in [0.1, 0.15) is 53.0 Å². The Balaban J connectivity index is 1.82. The Kier molecular flexibility index (Phi) is 6.51. The Morgan fingerprint density at radius 3 is 2.35 bits per heavy atom. The Morgan fingerprint density at radius 1 is 1.16 bits per heavy atom. The van der Waals surface area contributed by atoms with Crippen LogP contribution in [0.25, 0.3) is 16.8 Å². The van der Waals surface area contributed by atoms with E-state index in [-0.39, 0.29) is 16.8 Å². The van der Waals surface area contributed by atoms with E-state index in [1.54, 1.807) is 31.7 Å². The number of allylic oxidation sites excluding steroid dienone is 2. The first-order valence-electron chi connectivity index (χ1n) is 10.8. The summed E-state index contributed by atoms with van der Waals surface area (Å²) in [4.78, 5) is 15.6. The van der Waals surface area contributed by atoms with E-state index in [4.69, 9.17) is 0 Å². The minimum absolute atomic E-state index is 0.0653. The van der Waals surface area contributed by atoms with E-state index in [1.165, 1.54) is 0 Å². The van der Waals surface area contributed by atoms with Crippen molar-refractivity contribution in [1.29, 1.82) is 0 Å². The third-order valence-corrected chi connectivity index (χ3v) is 5.90. The number of aliphatic imine (C=N–C) groups is 1. The lowest BCUT2D eigenvalue weighted by Gasteiger charge is -2.49. The number of phenolic OH excluding ortho intramolecular Hbond substituents is 1.